The molecule has 1 aromatic heterocycles. The summed E-state index contributed by atoms with van der Waals surface area (Å²) >= 11 is 3.96. The molecule has 1 heterocycles. The van der Waals surface area contributed by atoms with Crippen LogP contribution >= 0.6 is 45.2 Å². The Morgan fingerprint density at radius 1 is 0.518 bits per heavy atom. The van der Waals surface area contributed by atoms with Gasteiger partial charge in [0.25, 0.3) is 17.7 Å². The molecule has 3 amide bonds. The van der Waals surface area contributed by atoms with Gasteiger partial charge in [0.05, 0.1) is 38.9 Å². The summed E-state index contributed by atoms with van der Waals surface area (Å²) in [5, 5.41) is 8.09. The zero-order valence-electron chi connectivity index (χ0n) is 44.2. The fourth-order valence-corrected chi connectivity index (χ4v) is 8.29. The van der Waals surface area contributed by atoms with Gasteiger partial charge in [0.15, 0.2) is 0 Å². The predicted molar refractivity (Wildman–Crippen MR) is 314 cm³/mol. The molecule has 13 nitrogen and oxygen atoms in total. The average Bonchev–Trinajstić information content (AvgIpc) is 3.60. The third-order valence-electron chi connectivity index (χ3n) is 11.5. The van der Waals surface area contributed by atoms with Gasteiger partial charge < -0.3 is 41.0 Å². The number of ether oxygens (including phenoxy) is 2. The largest absolute Gasteiger partial charge is 0.491 e. The van der Waals surface area contributed by atoms with Crippen LogP contribution in [0.25, 0.3) is 22.0 Å². The summed E-state index contributed by atoms with van der Waals surface area (Å²) in [6.07, 6.45) is -11.9. The van der Waals surface area contributed by atoms with E-state index in [0.29, 0.717) is 52.5 Å². The molecule has 0 atom stereocenters. The summed E-state index contributed by atoms with van der Waals surface area (Å²) in [5.74, 6) is -1.78. The number of halogens is 12. The molecule has 0 unspecified atom stereocenters. The van der Waals surface area contributed by atoms with E-state index >= 15 is 0 Å². The lowest BCUT2D eigenvalue weighted by atomic mass is 10.0. The molecule has 25 heteroatoms. The molecule has 83 heavy (non-hydrogen) atoms. The molecule has 0 fully saturated rings. The number of aromatic nitrogens is 2. The number of nitrogens with zero attached hydrogens (tertiary/aromatic N) is 4. The molecule has 0 saturated heterocycles. The van der Waals surface area contributed by atoms with Crippen molar-refractivity contribution in [3.63, 3.8) is 0 Å². The van der Waals surface area contributed by atoms with Gasteiger partial charge in [0, 0.05) is 48.9 Å². The van der Waals surface area contributed by atoms with Crippen LogP contribution in [0.2, 0.25) is 0 Å². The predicted octanol–water partition coefficient (Wildman–Crippen LogP) is 14.3. The summed E-state index contributed by atoms with van der Waals surface area (Å²) in [6.45, 7) is 1.99. The van der Waals surface area contributed by atoms with Crippen LogP contribution in [0.3, 0.4) is 0 Å². The molecule has 8 rings (SSSR count). The van der Waals surface area contributed by atoms with Crippen molar-refractivity contribution in [3.05, 3.63) is 198 Å². The van der Waals surface area contributed by atoms with Crippen molar-refractivity contribution < 1.29 is 67.8 Å². The van der Waals surface area contributed by atoms with Gasteiger partial charge in [-0.1, -0.05) is 30.3 Å². The van der Waals surface area contributed by atoms with E-state index < -0.39 is 58.8 Å². The van der Waals surface area contributed by atoms with Crippen LogP contribution in [0.4, 0.5) is 66.9 Å². The highest BCUT2D eigenvalue weighted by Crippen LogP contribution is 2.35. The third-order valence-corrected chi connectivity index (χ3v) is 12.8. The Morgan fingerprint density at radius 3 is 1.37 bits per heavy atom. The van der Waals surface area contributed by atoms with Crippen molar-refractivity contribution in [2.45, 2.75) is 18.5 Å². The molecule has 0 spiro atoms. The van der Waals surface area contributed by atoms with E-state index in [2.05, 4.69) is 48.5 Å². The van der Waals surface area contributed by atoms with Gasteiger partial charge in [-0.25, -0.2) is 14.4 Å². The number of rotatable bonds is 15. The van der Waals surface area contributed by atoms with Gasteiger partial charge in [-0.05, 0) is 200 Å². The summed E-state index contributed by atoms with van der Waals surface area (Å²) in [5.41, 5.74) is 5.57. The Labute approximate surface area is 496 Å². The number of fused-ring (bicyclic) bond motifs is 1. The lowest BCUT2D eigenvalue weighted by Gasteiger charge is -2.16. The Hall–Kier alpha value is -7.63. The lowest BCUT2D eigenvalue weighted by molar-refractivity contribution is -0.138. The van der Waals surface area contributed by atoms with Crippen LogP contribution in [0, 0.1) is 13.0 Å². The molecule has 5 N–H and O–H groups in total. The summed E-state index contributed by atoms with van der Waals surface area (Å²) in [6, 6.07) is 32.8. The first-order chi connectivity index (χ1) is 39.0. The maximum absolute atomic E-state index is 13.5. The standard InChI is InChI=1S/C26H24F3N5O2.C18H18F3IN2O2.C14H8F4INO/c1-34(2)10-11-36-23-9-7-17(16-6-8-22-18(12-16)15-31-25(30)33-22)13-21(23)24(35)32-20-5-3-4-19(14-20)26(27,28)29;1-24(2)8-9-26-16-7-6-13(22)11-15(16)17(25)23-14-5-3-4-12(10-14)18(19,20)21;15-12-5-4-9(19)7-11(12)13(21)20-10-3-1-2-8(6-10)14(16,17)18/h3-9,12-15H,10-11H2,1-2H3,(H,32,35)(H2,30,31,33);3-7,10-11H,8-9H2,1-2H3,(H,23,25);1-7H,(H,20,21). The van der Waals surface area contributed by atoms with Crippen LogP contribution in [-0.2, 0) is 18.5 Å². The first-order valence-electron chi connectivity index (χ1n) is 24.5. The molecule has 0 aliphatic rings. The van der Waals surface area contributed by atoms with E-state index in [4.69, 9.17) is 15.2 Å². The van der Waals surface area contributed by atoms with E-state index in [1.165, 1.54) is 48.5 Å². The van der Waals surface area contributed by atoms with Crippen molar-refractivity contribution in [1.82, 2.24) is 19.8 Å². The maximum atomic E-state index is 13.5. The first kappa shape index (κ1) is 64.5. The van der Waals surface area contributed by atoms with Crippen molar-refractivity contribution in [2.24, 2.45) is 0 Å². The normalized spacial score (nSPS) is 11.5. The highest BCUT2D eigenvalue weighted by atomic mass is 127. The maximum Gasteiger partial charge on any atom is 0.416 e. The number of hydrogen-bond acceptors (Lipinski definition) is 10. The second-order valence-electron chi connectivity index (χ2n) is 18.4. The van der Waals surface area contributed by atoms with E-state index in [1.54, 1.807) is 42.6 Å². The van der Waals surface area contributed by atoms with Gasteiger partial charge in [0.2, 0.25) is 5.95 Å². The van der Waals surface area contributed by atoms with E-state index in [9.17, 15) is 58.3 Å². The molecule has 8 aromatic rings. The average molecular weight is 1380 g/mol. The zero-order chi connectivity index (χ0) is 60.8. The number of carbonyl (C=O) groups is 3. The number of carbonyl (C=O) groups excluding carboxylic acids is 3. The SMILES string of the molecule is CN(C)CCOc1ccc(-c2ccc3nc(N)ncc3c2)cc1C(=O)Nc1cccc(C(F)(F)F)c1.CN(C)CCOc1ccc(I)cc1C(=O)Nc1cccc(C(F)(F)F)c1.O=C(Nc1cccc(C(F)(F)F)c1)c1cc(I)ccc1F. The molecule has 0 saturated carbocycles. The van der Waals surface area contributed by atoms with Gasteiger partial charge in [0.1, 0.15) is 30.5 Å². The summed E-state index contributed by atoms with van der Waals surface area (Å²) < 4.78 is 142. The van der Waals surface area contributed by atoms with Crippen LogP contribution in [0.15, 0.2) is 152 Å². The van der Waals surface area contributed by atoms with Gasteiger partial charge in [-0.3, -0.25) is 14.4 Å². The molecular weight excluding hydrogens is 1330 g/mol. The Balaban J connectivity index is 0.000000208. The zero-order valence-corrected chi connectivity index (χ0v) is 48.5. The summed E-state index contributed by atoms with van der Waals surface area (Å²) in [4.78, 5) is 49.8. The van der Waals surface area contributed by atoms with E-state index in [-0.39, 0.29) is 39.7 Å². The molecule has 7 aromatic carbocycles. The minimum atomic E-state index is -4.52. The van der Waals surface area contributed by atoms with Crippen LogP contribution in [-0.4, -0.2) is 92.0 Å². The minimum absolute atomic E-state index is 0.0277. The van der Waals surface area contributed by atoms with Crippen LogP contribution in [0.1, 0.15) is 47.8 Å². The Morgan fingerprint density at radius 2 is 0.916 bits per heavy atom. The van der Waals surface area contributed by atoms with E-state index in [1.807, 2.05) is 78.8 Å². The quantitative estimate of drug-likeness (QED) is 0.0574. The number of nitrogen functional groups attached to an aromatic ring is 1. The Bertz CT molecular complexity index is 3590. The van der Waals surface area contributed by atoms with Crippen molar-refractivity contribution in [2.75, 3.05) is 76.2 Å². The number of anilines is 4. The number of hydrogen-bond donors (Lipinski definition) is 4. The molecule has 436 valence electrons. The molecule has 0 bridgehead atoms. The fourth-order valence-electron chi connectivity index (χ4n) is 7.31. The molecule has 0 aliphatic carbocycles. The second-order valence-corrected chi connectivity index (χ2v) is 20.9. The van der Waals surface area contributed by atoms with Gasteiger partial charge in [-0.15, -0.1) is 0 Å². The monoisotopic (exact) mass is 1380 g/mol. The summed E-state index contributed by atoms with van der Waals surface area (Å²) in [7, 11) is 7.59. The molecule has 0 aliphatic heterocycles. The first-order valence-corrected chi connectivity index (χ1v) is 26.6. The number of alkyl halides is 9. The van der Waals surface area contributed by atoms with Crippen molar-refractivity contribution in [1.29, 1.82) is 0 Å². The highest BCUT2D eigenvalue weighted by Gasteiger charge is 2.33. The highest BCUT2D eigenvalue weighted by molar-refractivity contribution is 14.1. The van der Waals surface area contributed by atoms with Crippen LogP contribution in [0.5, 0.6) is 11.5 Å². The smallest absolute Gasteiger partial charge is 0.416 e. The van der Waals surface area contributed by atoms with Gasteiger partial charge in [-0.2, -0.15) is 39.5 Å². The number of nitrogens with two attached hydrogens (primary N) is 1. The topological polar surface area (TPSA) is 164 Å². The minimum Gasteiger partial charge on any atom is -0.491 e. The van der Waals surface area contributed by atoms with Crippen molar-refractivity contribution >= 4 is 96.8 Å². The fraction of sp³-hybridized carbons (Fsp3) is 0.190. The molecular formula is C58H50F10I2N8O5. The Kier molecular flexibility index (Phi) is 22.2. The number of amides is 3. The van der Waals surface area contributed by atoms with E-state index in [0.717, 1.165) is 57.0 Å². The van der Waals surface area contributed by atoms with Crippen LogP contribution < -0.4 is 31.2 Å². The molecule has 0 radical (unpaired) electrons. The second kappa shape index (κ2) is 28.6. The lowest BCUT2D eigenvalue weighted by Crippen LogP contribution is -2.21. The number of benzene rings is 7. The number of nitrogens with one attached hydrogen (secondary N) is 3. The third kappa shape index (κ3) is 19.5. The number of likely N-dealkylation sites (N-methyl/N-ethyl adjacent to an activating group) is 2. The van der Waals surface area contributed by atoms with Gasteiger partial charge >= 0.3 is 18.5 Å². The van der Waals surface area contributed by atoms with Crippen molar-refractivity contribution in [3.8, 4) is 22.6 Å².